The van der Waals surface area contributed by atoms with Crippen LogP contribution in [-0.4, -0.2) is 27.0 Å². The lowest BCUT2D eigenvalue weighted by Gasteiger charge is -2.30. The molecule has 1 aliphatic heterocycles. The first-order chi connectivity index (χ1) is 12.4. The molecule has 1 atom stereocenters. The van der Waals surface area contributed by atoms with E-state index in [1.807, 2.05) is 38.1 Å². The second-order valence-electron chi connectivity index (χ2n) is 6.94. The van der Waals surface area contributed by atoms with E-state index < -0.39 is 21.5 Å². The van der Waals surface area contributed by atoms with E-state index >= 15 is 0 Å². The summed E-state index contributed by atoms with van der Waals surface area (Å²) in [4.78, 5) is 12.6. The van der Waals surface area contributed by atoms with E-state index in [2.05, 4.69) is 4.72 Å². The zero-order chi connectivity index (χ0) is 18.8. The van der Waals surface area contributed by atoms with E-state index in [9.17, 15) is 13.2 Å². The summed E-state index contributed by atoms with van der Waals surface area (Å²) in [6.45, 7) is 4.08. The first kappa shape index (κ1) is 18.9. The molecule has 1 fully saturated rings. The van der Waals surface area contributed by atoms with Crippen LogP contribution >= 0.6 is 0 Å². The Bertz CT molecular complexity index is 901. The van der Waals surface area contributed by atoms with Crippen LogP contribution in [0.1, 0.15) is 39.5 Å². The Labute approximate surface area is 154 Å². The second kappa shape index (κ2) is 7.37. The molecule has 2 aromatic rings. The third-order valence-corrected chi connectivity index (χ3v) is 6.64. The lowest BCUT2D eigenvalue weighted by atomic mass is 9.75. The summed E-state index contributed by atoms with van der Waals surface area (Å²) in [6, 6.07) is 12.1. The largest absolute Gasteiger partial charge is 0.463 e. The van der Waals surface area contributed by atoms with Gasteiger partial charge >= 0.3 is 5.97 Å². The average molecular weight is 375 g/mol. The van der Waals surface area contributed by atoms with Crippen molar-refractivity contribution in [1.82, 2.24) is 4.72 Å². The Hall–Kier alpha value is -1.92. The monoisotopic (exact) mass is 375 g/mol. The van der Waals surface area contributed by atoms with E-state index in [0.717, 1.165) is 23.6 Å². The molecule has 0 aromatic heterocycles. The van der Waals surface area contributed by atoms with Gasteiger partial charge in [0.15, 0.2) is 0 Å². The molecule has 0 unspecified atom stereocenters. The lowest BCUT2D eigenvalue weighted by Crippen LogP contribution is -2.48. The number of hydrogen-bond donors (Lipinski definition) is 1. The number of ether oxygens (including phenoxy) is 1. The third-order valence-electron chi connectivity index (χ3n) is 5.18. The second-order valence-corrected chi connectivity index (χ2v) is 8.65. The van der Waals surface area contributed by atoms with Gasteiger partial charge in [0.25, 0.3) is 0 Å². The van der Waals surface area contributed by atoms with Crippen LogP contribution < -0.4 is 4.72 Å². The van der Waals surface area contributed by atoms with Gasteiger partial charge in [-0.3, -0.25) is 4.79 Å². The van der Waals surface area contributed by atoms with Crippen molar-refractivity contribution in [2.75, 3.05) is 6.61 Å². The van der Waals surface area contributed by atoms with E-state index in [-0.39, 0.29) is 17.5 Å². The van der Waals surface area contributed by atoms with Crippen LogP contribution in [0.3, 0.4) is 0 Å². The standard InChI is InChI=1S/C20H25NO4S/c1-3-11-20(12-4-2)18(14-25-19(20)22)21-26(23,24)17-10-9-15-7-5-6-8-16(15)13-17/h5-10,13,18,21H,3-4,11-12,14H2,1-2H3/t18-/m1/s1. The van der Waals surface area contributed by atoms with Gasteiger partial charge in [0.2, 0.25) is 10.0 Å². The van der Waals surface area contributed by atoms with Crippen molar-refractivity contribution in [3.8, 4) is 0 Å². The highest BCUT2D eigenvalue weighted by Gasteiger charge is 2.52. The normalized spacial score (nSPS) is 19.6. The molecule has 0 bridgehead atoms. The maximum Gasteiger partial charge on any atom is 0.313 e. The van der Waals surface area contributed by atoms with Crippen LogP contribution in [0.5, 0.6) is 0 Å². The van der Waals surface area contributed by atoms with E-state index in [1.165, 1.54) is 0 Å². The van der Waals surface area contributed by atoms with Crippen LogP contribution in [0.2, 0.25) is 0 Å². The molecule has 0 amide bonds. The topological polar surface area (TPSA) is 72.5 Å². The van der Waals surface area contributed by atoms with Gasteiger partial charge in [-0.25, -0.2) is 13.1 Å². The number of carbonyl (C=O) groups excluding carboxylic acids is 1. The molecule has 0 spiro atoms. The fourth-order valence-corrected chi connectivity index (χ4v) is 5.24. The first-order valence-corrected chi connectivity index (χ1v) is 10.6. The Morgan fingerprint density at radius 2 is 1.73 bits per heavy atom. The fraction of sp³-hybridized carbons (Fsp3) is 0.450. The Kier molecular flexibility index (Phi) is 5.34. The van der Waals surface area contributed by atoms with Gasteiger partial charge in [-0.1, -0.05) is 57.0 Å². The number of esters is 1. The van der Waals surface area contributed by atoms with Gasteiger partial charge in [-0.15, -0.1) is 0 Å². The molecule has 2 aromatic carbocycles. The highest BCUT2D eigenvalue weighted by atomic mass is 32.2. The number of hydrogen-bond acceptors (Lipinski definition) is 4. The van der Waals surface area contributed by atoms with Crippen LogP contribution in [0, 0.1) is 5.41 Å². The van der Waals surface area contributed by atoms with Crippen molar-refractivity contribution in [3.05, 3.63) is 42.5 Å². The van der Waals surface area contributed by atoms with Gasteiger partial charge in [-0.2, -0.15) is 0 Å². The predicted molar refractivity (Wildman–Crippen MR) is 101 cm³/mol. The summed E-state index contributed by atoms with van der Waals surface area (Å²) in [6.07, 6.45) is 2.82. The zero-order valence-corrected chi connectivity index (χ0v) is 16.0. The van der Waals surface area contributed by atoms with E-state index in [1.54, 1.807) is 18.2 Å². The summed E-state index contributed by atoms with van der Waals surface area (Å²) in [5, 5.41) is 1.85. The van der Waals surface area contributed by atoms with Crippen molar-refractivity contribution in [1.29, 1.82) is 0 Å². The van der Waals surface area contributed by atoms with Gasteiger partial charge in [0.1, 0.15) is 6.61 Å². The zero-order valence-electron chi connectivity index (χ0n) is 15.2. The fourth-order valence-electron chi connectivity index (χ4n) is 3.91. The van der Waals surface area contributed by atoms with E-state index in [0.29, 0.717) is 12.8 Å². The Morgan fingerprint density at radius 3 is 2.38 bits per heavy atom. The number of benzene rings is 2. The van der Waals surface area contributed by atoms with Crippen LogP contribution in [0.15, 0.2) is 47.4 Å². The number of rotatable bonds is 7. The average Bonchev–Trinajstić information content (AvgIpc) is 2.91. The molecule has 1 N–H and O–H groups in total. The van der Waals surface area contributed by atoms with Gasteiger partial charge in [0.05, 0.1) is 16.4 Å². The van der Waals surface area contributed by atoms with E-state index in [4.69, 9.17) is 4.74 Å². The summed E-state index contributed by atoms with van der Waals surface area (Å²) >= 11 is 0. The third kappa shape index (κ3) is 3.35. The quantitative estimate of drug-likeness (QED) is 0.750. The van der Waals surface area contributed by atoms with Gasteiger partial charge < -0.3 is 4.74 Å². The highest BCUT2D eigenvalue weighted by Crippen LogP contribution is 2.40. The number of fused-ring (bicyclic) bond motifs is 1. The Morgan fingerprint density at radius 1 is 1.08 bits per heavy atom. The molecule has 0 aliphatic carbocycles. The van der Waals surface area contributed by atoms with Crippen LogP contribution in [0.25, 0.3) is 10.8 Å². The molecule has 1 heterocycles. The molecule has 1 saturated heterocycles. The Balaban J connectivity index is 1.93. The maximum atomic E-state index is 13.0. The van der Waals surface area contributed by atoms with Crippen molar-refractivity contribution in [2.24, 2.45) is 5.41 Å². The number of cyclic esters (lactones) is 1. The lowest BCUT2D eigenvalue weighted by molar-refractivity contribution is -0.147. The SMILES string of the molecule is CCCC1(CCC)C(=O)OC[C@H]1NS(=O)(=O)c1ccc2ccccc2c1. The molecular formula is C20H25NO4S. The minimum Gasteiger partial charge on any atom is -0.463 e. The smallest absolute Gasteiger partial charge is 0.313 e. The van der Waals surface area contributed by atoms with Crippen molar-refractivity contribution in [2.45, 2.75) is 50.5 Å². The predicted octanol–water partition coefficient (Wildman–Crippen LogP) is 3.63. The number of nitrogens with one attached hydrogen (secondary N) is 1. The molecule has 5 nitrogen and oxygen atoms in total. The summed E-state index contributed by atoms with van der Waals surface area (Å²) < 4.78 is 33.9. The molecule has 0 saturated carbocycles. The number of sulfonamides is 1. The highest BCUT2D eigenvalue weighted by molar-refractivity contribution is 7.89. The summed E-state index contributed by atoms with van der Waals surface area (Å²) in [5.74, 6) is -0.285. The summed E-state index contributed by atoms with van der Waals surface area (Å²) in [5.41, 5.74) is -0.770. The molecule has 140 valence electrons. The van der Waals surface area contributed by atoms with Crippen LogP contribution in [-0.2, 0) is 19.6 Å². The molecule has 26 heavy (non-hydrogen) atoms. The molecule has 3 rings (SSSR count). The minimum absolute atomic E-state index is 0.0889. The molecule has 1 aliphatic rings. The van der Waals surface area contributed by atoms with Gasteiger partial charge in [-0.05, 0) is 35.7 Å². The molecule has 0 radical (unpaired) electrons. The van der Waals surface area contributed by atoms with Crippen LogP contribution in [0.4, 0.5) is 0 Å². The van der Waals surface area contributed by atoms with Gasteiger partial charge in [0, 0.05) is 0 Å². The minimum atomic E-state index is -3.75. The number of carbonyl (C=O) groups is 1. The summed E-state index contributed by atoms with van der Waals surface area (Å²) in [7, 11) is -3.75. The van der Waals surface area contributed by atoms with Crippen molar-refractivity contribution >= 4 is 26.8 Å². The maximum absolute atomic E-state index is 13.0. The van der Waals surface area contributed by atoms with Crippen molar-refractivity contribution in [3.63, 3.8) is 0 Å². The molecule has 6 heteroatoms. The first-order valence-electron chi connectivity index (χ1n) is 9.11. The molecular weight excluding hydrogens is 350 g/mol. The van der Waals surface area contributed by atoms with Crippen molar-refractivity contribution < 1.29 is 17.9 Å².